The fraction of sp³-hybridized carbons (Fsp3) is 0.875. The molecule has 0 saturated heterocycles. The van der Waals surface area contributed by atoms with Gasteiger partial charge in [0.05, 0.1) is 6.61 Å². The summed E-state index contributed by atoms with van der Waals surface area (Å²) in [5.74, 6) is 0.624. The van der Waals surface area contributed by atoms with Crippen molar-refractivity contribution >= 4 is 17.4 Å². The maximum absolute atomic E-state index is 5.16. The first-order valence-electron chi connectivity index (χ1n) is 3.95. The van der Waals surface area contributed by atoms with Crippen molar-refractivity contribution in [1.29, 1.82) is 0 Å². The average Bonchev–Trinajstić information content (AvgIpc) is 1.86. The summed E-state index contributed by atoms with van der Waals surface area (Å²) in [6.07, 6.45) is 0. The predicted octanol–water partition coefficient (Wildman–Crippen LogP) is 1.90. The molecule has 0 aliphatic heterocycles. The van der Waals surface area contributed by atoms with E-state index in [4.69, 9.17) is 17.0 Å². The van der Waals surface area contributed by atoms with E-state index in [9.17, 15) is 0 Å². The lowest BCUT2D eigenvalue weighted by molar-refractivity contribution is 0.262. The lowest BCUT2D eigenvalue weighted by Gasteiger charge is -2.20. The van der Waals surface area contributed by atoms with Crippen LogP contribution in [-0.2, 0) is 4.74 Å². The largest absolute Gasteiger partial charge is 0.471 e. The normalized spacial score (nSPS) is 9.91. The minimum Gasteiger partial charge on any atom is -0.471 e. The Morgan fingerprint density at radius 2 is 2.09 bits per heavy atom. The van der Waals surface area contributed by atoms with Gasteiger partial charge in [0.15, 0.2) is 0 Å². The Kier molecular flexibility index (Phi) is 5.20. The molecule has 0 fully saturated rings. The molecule has 0 unspecified atom stereocenters. The lowest BCUT2D eigenvalue weighted by Crippen LogP contribution is -2.30. The number of hydrogen-bond acceptors (Lipinski definition) is 2. The molecular weight excluding hydrogens is 158 g/mol. The number of rotatable bonds is 3. The van der Waals surface area contributed by atoms with E-state index in [1.807, 2.05) is 18.9 Å². The van der Waals surface area contributed by atoms with E-state index in [0.717, 1.165) is 6.54 Å². The number of ether oxygens (including phenoxy) is 1. The Balaban J connectivity index is 3.64. The highest BCUT2D eigenvalue weighted by molar-refractivity contribution is 7.80. The van der Waals surface area contributed by atoms with Crippen LogP contribution in [0.1, 0.15) is 20.8 Å². The topological polar surface area (TPSA) is 12.5 Å². The van der Waals surface area contributed by atoms with E-state index in [1.54, 1.807) is 0 Å². The third-order valence-corrected chi connectivity index (χ3v) is 1.65. The van der Waals surface area contributed by atoms with Crippen LogP contribution >= 0.6 is 12.2 Å². The second-order valence-corrected chi connectivity index (χ2v) is 3.32. The quantitative estimate of drug-likeness (QED) is 0.608. The van der Waals surface area contributed by atoms with Crippen LogP contribution in [0.2, 0.25) is 0 Å². The minimum absolute atomic E-state index is 0.598. The first-order chi connectivity index (χ1) is 5.07. The zero-order chi connectivity index (χ0) is 8.85. The second kappa shape index (κ2) is 5.35. The van der Waals surface area contributed by atoms with Gasteiger partial charge in [0.2, 0.25) is 0 Å². The van der Waals surface area contributed by atoms with E-state index in [2.05, 4.69) is 13.8 Å². The molecule has 2 nitrogen and oxygen atoms in total. The summed E-state index contributed by atoms with van der Waals surface area (Å²) in [7, 11) is 1.96. The smallest absolute Gasteiger partial charge is 0.259 e. The van der Waals surface area contributed by atoms with Crippen LogP contribution in [0.15, 0.2) is 0 Å². The van der Waals surface area contributed by atoms with Gasteiger partial charge in [-0.05, 0) is 25.1 Å². The minimum atomic E-state index is 0.598. The zero-order valence-corrected chi connectivity index (χ0v) is 8.57. The van der Waals surface area contributed by atoms with Crippen LogP contribution in [0.4, 0.5) is 0 Å². The van der Waals surface area contributed by atoms with Crippen LogP contribution in [0.5, 0.6) is 0 Å². The summed E-state index contributed by atoms with van der Waals surface area (Å²) < 4.78 is 5.16. The van der Waals surface area contributed by atoms with Gasteiger partial charge in [-0.15, -0.1) is 0 Å². The highest BCUT2D eigenvalue weighted by Crippen LogP contribution is 1.98. The standard InChI is InChI=1S/C8H17NOS/c1-5-10-8(11)9(4)6-7(2)3/h7H,5-6H2,1-4H3. The van der Waals surface area contributed by atoms with Gasteiger partial charge in [-0.3, -0.25) is 0 Å². The Hall–Kier alpha value is -0.310. The van der Waals surface area contributed by atoms with Crippen molar-refractivity contribution in [2.24, 2.45) is 5.92 Å². The summed E-state index contributed by atoms with van der Waals surface area (Å²) in [5, 5.41) is 0.598. The third-order valence-electron chi connectivity index (χ3n) is 1.22. The molecule has 0 heterocycles. The van der Waals surface area contributed by atoms with Gasteiger partial charge in [0, 0.05) is 13.6 Å². The molecule has 0 aromatic carbocycles. The summed E-state index contributed by atoms with van der Waals surface area (Å²) in [6, 6.07) is 0. The fourth-order valence-electron chi connectivity index (χ4n) is 0.856. The first kappa shape index (κ1) is 10.7. The van der Waals surface area contributed by atoms with Crippen molar-refractivity contribution < 1.29 is 4.74 Å². The Labute approximate surface area is 74.5 Å². The molecule has 0 atom stereocenters. The van der Waals surface area contributed by atoms with Gasteiger partial charge >= 0.3 is 0 Å². The van der Waals surface area contributed by atoms with Gasteiger partial charge in [-0.1, -0.05) is 13.8 Å². The molecule has 0 rings (SSSR count). The third kappa shape index (κ3) is 5.01. The summed E-state index contributed by atoms with van der Waals surface area (Å²) in [4.78, 5) is 1.96. The number of hydrogen-bond donors (Lipinski definition) is 0. The molecule has 66 valence electrons. The Morgan fingerprint density at radius 1 is 1.55 bits per heavy atom. The molecular formula is C8H17NOS. The fourth-order valence-corrected chi connectivity index (χ4v) is 1.05. The van der Waals surface area contributed by atoms with Crippen LogP contribution in [0, 0.1) is 5.92 Å². The van der Waals surface area contributed by atoms with Gasteiger partial charge in [-0.2, -0.15) is 0 Å². The van der Waals surface area contributed by atoms with Crippen LogP contribution < -0.4 is 0 Å². The van der Waals surface area contributed by atoms with Gasteiger partial charge in [-0.25, -0.2) is 0 Å². The van der Waals surface area contributed by atoms with Gasteiger partial charge in [0.1, 0.15) is 0 Å². The highest BCUT2D eigenvalue weighted by Gasteiger charge is 2.05. The number of thiocarbonyl (C=S) groups is 1. The van der Waals surface area contributed by atoms with E-state index in [0.29, 0.717) is 17.7 Å². The van der Waals surface area contributed by atoms with Gasteiger partial charge in [0.25, 0.3) is 5.17 Å². The van der Waals surface area contributed by atoms with Crippen molar-refractivity contribution in [2.45, 2.75) is 20.8 Å². The SMILES string of the molecule is CCOC(=S)N(C)CC(C)C. The molecule has 0 radical (unpaired) electrons. The molecule has 0 aromatic heterocycles. The van der Waals surface area contributed by atoms with E-state index >= 15 is 0 Å². The summed E-state index contributed by atoms with van der Waals surface area (Å²) >= 11 is 5.00. The Bertz CT molecular complexity index is 125. The summed E-state index contributed by atoms with van der Waals surface area (Å²) in [5.41, 5.74) is 0. The summed E-state index contributed by atoms with van der Waals surface area (Å²) in [6.45, 7) is 7.87. The predicted molar refractivity (Wildman–Crippen MR) is 51.7 cm³/mol. The molecule has 0 N–H and O–H groups in total. The molecule has 0 amide bonds. The van der Waals surface area contributed by atoms with E-state index < -0.39 is 0 Å². The monoisotopic (exact) mass is 175 g/mol. The molecule has 11 heavy (non-hydrogen) atoms. The van der Waals surface area contributed by atoms with Crippen LogP contribution in [-0.4, -0.2) is 30.3 Å². The Morgan fingerprint density at radius 3 is 2.45 bits per heavy atom. The number of nitrogens with zero attached hydrogens (tertiary/aromatic N) is 1. The van der Waals surface area contributed by atoms with Crippen LogP contribution in [0.3, 0.4) is 0 Å². The molecule has 0 aromatic rings. The zero-order valence-electron chi connectivity index (χ0n) is 7.76. The molecule has 0 saturated carbocycles. The van der Waals surface area contributed by atoms with Crippen LogP contribution in [0.25, 0.3) is 0 Å². The molecule has 0 spiro atoms. The maximum atomic E-state index is 5.16. The van der Waals surface area contributed by atoms with Crippen molar-refractivity contribution in [3.05, 3.63) is 0 Å². The van der Waals surface area contributed by atoms with Crippen molar-refractivity contribution in [1.82, 2.24) is 4.90 Å². The highest BCUT2D eigenvalue weighted by atomic mass is 32.1. The molecule has 0 aliphatic carbocycles. The maximum Gasteiger partial charge on any atom is 0.259 e. The van der Waals surface area contributed by atoms with Crippen molar-refractivity contribution in [3.63, 3.8) is 0 Å². The lowest BCUT2D eigenvalue weighted by atomic mass is 10.2. The molecule has 0 aliphatic rings. The molecule has 3 heteroatoms. The second-order valence-electron chi connectivity index (χ2n) is 2.97. The van der Waals surface area contributed by atoms with Crippen molar-refractivity contribution in [2.75, 3.05) is 20.2 Å². The first-order valence-corrected chi connectivity index (χ1v) is 4.36. The van der Waals surface area contributed by atoms with E-state index in [-0.39, 0.29) is 0 Å². The van der Waals surface area contributed by atoms with Gasteiger partial charge < -0.3 is 9.64 Å². The van der Waals surface area contributed by atoms with Crippen molar-refractivity contribution in [3.8, 4) is 0 Å². The average molecular weight is 175 g/mol. The van der Waals surface area contributed by atoms with E-state index in [1.165, 1.54) is 0 Å². The molecule has 0 bridgehead atoms.